The van der Waals surface area contributed by atoms with E-state index in [1.54, 1.807) is 12.1 Å². The van der Waals surface area contributed by atoms with Gasteiger partial charge in [0.1, 0.15) is 6.04 Å². The van der Waals surface area contributed by atoms with Crippen molar-refractivity contribution in [2.45, 2.75) is 10.9 Å². The minimum atomic E-state index is -3.42. The molecule has 0 aliphatic rings. The highest BCUT2D eigenvalue weighted by atomic mass is 32.2. The molecule has 0 radical (unpaired) electrons. The number of hydrogen-bond donors (Lipinski definition) is 2. The molecule has 0 heterocycles. The minimum absolute atomic E-state index is 0.0621. The summed E-state index contributed by atoms with van der Waals surface area (Å²) in [6, 6.07) is 5.14. The number of ether oxygens (including phenoxy) is 1. The molecule has 1 aromatic rings. The van der Waals surface area contributed by atoms with E-state index >= 15 is 0 Å². The summed E-state index contributed by atoms with van der Waals surface area (Å²) >= 11 is 0. The molecular weight excluding hydrogens is 258 g/mol. The molecule has 7 heteroatoms. The molecule has 1 unspecified atom stereocenters. The summed E-state index contributed by atoms with van der Waals surface area (Å²) in [6.45, 7) is -0.0621. The molecule has 1 aromatic carbocycles. The van der Waals surface area contributed by atoms with Gasteiger partial charge in [0.05, 0.1) is 17.2 Å². The molecule has 2 N–H and O–H groups in total. The van der Waals surface area contributed by atoms with Crippen molar-refractivity contribution >= 4 is 21.5 Å². The zero-order valence-electron chi connectivity index (χ0n) is 10.1. The number of carbonyl (C=O) groups is 1. The van der Waals surface area contributed by atoms with E-state index in [1.165, 1.54) is 19.2 Å². The average molecular weight is 273 g/mol. The molecule has 100 valence electrons. The Morgan fingerprint density at radius 3 is 2.56 bits per heavy atom. The summed E-state index contributed by atoms with van der Waals surface area (Å²) in [5.41, 5.74) is 0.254. The summed E-state index contributed by atoms with van der Waals surface area (Å²) < 4.78 is 27.9. The summed E-state index contributed by atoms with van der Waals surface area (Å²) in [5, 5.41) is 11.6. The van der Waals surface area contributed by atoms with E-state index < -0.39 is 21.8 Å². The maximum absolute atomic E-state index is 11.5. The minimum Gasteiger partial charge on any atom is -0.480 e. The third kappa shape index (κ3) is 3.71. The number of carboxylic acid groups (broad SMARTS) is 1. The first-order valence-electron chi connectivity index (χ1n) is 5.13. The van der Waals surface area contributed by atoms with E-state index in [1.807, 2.05) is 0 Å². The van der Waals surface area contributed by atoms with Gasteiger partial charge in [0.25, 0.3) is 0 Å². The van der Waals surface area contributed by atoms with Gasteiger partial charge in [0, 0.05) is 13.4 Å². The highest BCUT2D eigenvalue weighted by Crippen LogP contribution is 2.21. The largest absolute Gasteiger partial charge is 0.480 e. The summed E-state index contributed by atoms with van der Waals surface area (Å²) in [5.74, 6) is -1.11. The third-order valence-electron chi connectivity index (χ3n) is 2.25. The zero-order chi connectivity index (χ0) is 13.8. The fourth-order valence-corrected chi connectivity index (χ4v) is 2.29. The molecule has 0 fully saturated rings. The van der Waals surface area contributed by atoms with Gasteiger partial charge in [-0.2, -0.15) is 0 Å². The quantitative estimate of drug-likeness (QED) is 0.788. The van der Waals surface area contributed by atoms with Crippen molar-refractivity contribution in [1.82, 2.24) is 0 Å². The lowest BCUT2D eigenvalue weighted by atomic mass is 10.2. The number of anilines is 1. The lowest BCUT2D eigenvalue weighted by Crippen LogP contribution is -2.34. The zero-order valence-corrected chi connectivity index (χ0v) is 10.9. The summed E-state index contributed by atoms with van der Waals surface area (Å²) in [4.78, 5) is 11.0. The first kappa shape index (κ1) is 14.5. The Kier molecular flexibility index (Phi) is 4.69. The van der Waals surface area contributed by atoms with Crippen LogP contribution in [-0.4, -0.2) is 45.5 Å². The van der Waals surface area contributed by atoms with Gasteiger partial charge in [0.2, 0.25) is 0 Å². The van der Waals surface area contributed by atoms with Crippen molar-refractivity contribution in [3.63, 3.8) is 0 Å². The number of para-hydroxylation sites is 1. The van der Waals surface area contributed by atoms with E-state index in [4.69, 9.17) is 9.84 Å². The van der Waals surface area contributed by atoms with Crippen LogP contribution in [0.3, 0.4) is 0 Å². The number of nitrogens with one attached hydrogen (secondary N) is 1. The molecule has 0 aromatic heterocycles. The lowest BCUT2D eigenvalue weighted by molar-refractivity contribution is -0.139. The number of hydrogen-bond acceptors (Lipinski definition) is 5. The van der Waals surface area contributed by atoms with Crippen molar-refractivity contribution in [2.75, 3.05) is 25.3 Å². The van der Waals surface area contributed by atoms with Crippen LogP contribution in [0.5, 0.6) is 0 Å². The Labute approximate surface area is 106 Å². The van der Waals surface area contributed by atoms with Crippen LogP contribution in [0, 0.1) is 0 Å². The maximum Gasteiger partial charge on any atom is 0.328 e. The molecule has 0 saturated heterocycles. The highest BCUT2D eigenvalue weighted by molar-refractivity contribution is 7.90. The Bertz CT molecular complexity index is 526. The second-order valence-corrected chi connectivity index (χ2v) is 5.74. The summed E-state index contributed by atoms with van der Waals surface area (Å²) in [7, 11) is -2.04. The smallest absolute Gasteiger partial charge is 0.328 e. The van der Waals surface area contributed by atoms with Crippen LogP contribution >= 0.6 is 0 Å². The fraction of sp³-hybridized carbons (Fsp3) is 0.364. The van der Waals surface area contributed by atoms with Crippen LogP contribution in [0.4, 0.5) is 5.69 Å². The van der Waals surface area contributed by atoms with Gasteiger partial charge in [0.15, 0.2) is 9.84 Å². The van der Waals surface area contributed by atoms with E-state index in [-0.39, 0.29) is 17.2 Å². The van der Waals surface area contributed by atoms with Crippen LogP contribution in [0.1, 0.15) is 0 Å². The first-order chi connectivity index (χ1) is 8.36. The Morgan fingerprint density at radius 2 is 2.06 bits per heavy atom. The molecular formula is C11H15NO5S. The van der Waals surface area contributed by atoms with E-state index in [0.29, 0.717) is 0 Å². The molecule has 0 saturated carbocycles. The third-order valence-corrected chi connectivity index (χ3v) is 3.40. The molecule has 0 bridgehead atoms. The van der Waals surface area contributed by atoms with Crippen LogP contribution in [0.25, 0.3) is 0 Å². The lowest BCUT2D eigenvalue weighted by Gasteiger charge is -2.16. The molecule has 0 spiro atoms. The van der Waals surface area contributed by atoms with Crippen LogP contribution in [-0.2, 0) is 19.4 Å². The van der Waals surface area contributed by atoms with Gasteiger partial charge in [-0.15, -0.1) is 0 Å². The molecule has 18 heavy (non-hydrogen) atoms. The number of benzene rings is 1. The van der Waals surface area contributed by atoms with Crippen molar-refractivity contribution < 1.29 is 23.1 Å². The topological polar surface area (TPSA) is 92.7 Å². The molecule has 0 aliphatic carbocycles. The van der Waals surface area contributed by atoms with Gasteiger partial charge in [-0.25, -0.2) is 13.2 Å². The van der Waals surface area contributed by atoms with Gasteiger partial charge < -0.3 is 15.2 Å². The first-order valence-corrected chi connectivity index (χ1v) is 7.02. The van der Waals surface area contributed by atoms with Crippen molar-refractivity contribution in [3.05, 3.63) is 24.3 Å². The maximum atomic E-state index is 11.5. The molecule has 1 rings (SSSR count). The van der Waals surface area contributed by atoms with Crippen molar-refractivity contribution in [3.8, 4) is 0 Å². The molecule has 1 atom stereocenters. The fourth-order valence-electron chi connectivity index (χ4n) is 1.44. The normalized spacial score (nSPS) is 13.0. The second kappa shape index (κ2) is 5.83. The number of sulfone groups is 1. The molecule has 6 nitrogen and oxygen atoms in total. The van der Waals surface area contributed by atoms with Gasteiger partial charge in [-0.3, -0.25) is 0 Å². The van der Waals surface area contributed by atoms with Crippen LogP contribution in [0.2, 0.25) is 0 Å². The standard InChI is InChI=1S/C11H15NO5S/c1-17-7-9(11(13)14)12-8-5-3-4-6-10(8)18(2,15)16/h3-6,9,12H,7H2,1-2H3,(H,13,14). The van der Waals surface area contributed by atoms with E-state index in [2.05, 4.69) is 5.32 Å². The summed E-state index contributed by atoms with van der Waals surface area (Å²) in [6.07, 6.45) is 1.07. The predicted molar refractivity (Wildman–Crippen MR) is 66.5 cm³/mol. The Morgan fingerprint density at radius 1 is 1.44 bits per heavy atom. The van der Waals surface area contributed by atoms with Crippen LogP contribution in [0.15, 0.2) is 29.2 Å². The Hall–Kier alpha value is -1.60. The van der Waals surface area contributed by atoms with Gasteiger partial charge in [-0.1, -0.05) is 12.1 Å². The number of rotatable bonds is 6. The Balaban J connectivity index is 3.07. The molecule has 0 amide bonds. The average Bonchev–Trinajstić information content (AvgIpc) is 2.27. The van der Waals surface area contributed by atoms with Gasteiger partial charge >= 0.3 is 5.97 Å². The monoisotopic (exact) mass is 273 g/mol. The number of methoxy groups -OCH3 is 1. The highest BCUT2D eigenvalue weighted by Gasteiger charge is 2.20. The predicted octanol–water partition coefficient (Wildman–Crippen LogP) is 0.602. The van der Waals surface area contributed by atoms with E-state index in [0.717, 1.165) is 6.26 Å². The number of carboxylic acids is 1. The number of aliphatic carboxylic acids is 1. The second-order valence-electron chi connectivity index (χ2n) is 3.76. The van der Waals surface area contributed by atoms with Crippen molar-refractivity contribution in [1.29, 1.82) is 0 Å². The van der Waals surface area contributed by atoms with E-state index in [9.17, 15) is 13.2 Å². The molecule has 0 aliphatic heterocycles. The van der Waals surface area contributed by atoms with Crippen LogP contribution < -0.4 is 5.32 Å². The van der Waals surface area contributed by atoms with Gasteiger partial charge in [-0.05, 0) is 12.1 Å². The van der Waals surface area contributed by atoms with Crippen molar-refractivity contribution in [2.24, 2.45) is 0 Å². The SMILES string of the molecule is COCC(Nc1ccccc1S(C)(=O)=O)C(=O)O.